The lowest BCUT2D eigenvalue weighted by atomic mass is 10.2. The molecule has 0 aromatic rings. The van der Waals surface area contributed by atoms with Crippen molar-refractivity contribution in [1.82, 2.24) is 0 Å². The second kappa shape index (κ2) is 2.99. The lowest BCUT2D eigenvalue weighted by Gasteiger charge is -2.18. The van der Waals surface area contributed by atoms with E-state index in [-0.39, 0.29) is 12.6 Å². The molecule has 2 nitrogen and oxygen atoms in total. The molecule has 8 heavy (non-hydrogen) atoms. The van der Waals surface area contributed by atoms with E-state index in [1.165, 1.54) is 0 Å². The number of rotatable bonds is 1. The molecule has 1 aliphatic rings. The van der Waals surface area contributed by atoms with Crippen LogP contribution in [0.3, 0.4) is 0 Å². The summed E-state index contributed by atoms with van der Waals surface area (Å²) in [7, 11) is 0. The Morgan fingerprint density at radius 2 is 2.00 bits per heavy atom. The largest absolute Gasteiger partial charge is 0.355 e. The second-order valence-electron chi connectivity index (χ2n) is 1.88. The van der Waals surface area contributed by atoms with Gasteiger partial charge in [0.25, 0.3) is 0 Å². The summed E-state index contributed by atoms with van der Waals surface area (Å²) in [4.78, 5) is 0. The van der Waals surface area contributed by atoms with Crippen LogP contribution in [0.1, 0.15) is 0 Å². The van der Waals surface area contributed by atoms with Crippen molar-refractivity contribution in [1.29, 1.82) is 0 Å². The zero-order valence-corrected chi connectivity index (χ0v) is 4.60. The van der Waals surface area contributed by atoms with E-state index in [9.17, 15) is 4.39 Å². The minimum absolute atomic E-state index is 0.0243. The molecule has 1 rings (SSSR count). The second-order valence-corrected chi connectivity index (χ2v) is 1.88. The first-order chi connectivity index (χ1) is 3.93. The number of halogens is 1. The number of hydrogen-bond donors (Lipinski definition) is 0. The van der Waals surface area contributed by atoms with Crippen LogP contribution in [0.4, 0.5) is 4.39 Å². The van der Waals surface area contributed by atoms with Crippen molar-refractivity contribution in [3.8, 4) is 0 Å². The fourth-order valence-corrected chi connectivity index (χ4v) is 0.626. The van der Waals surface area contributed by atoms with Gasteiger partial charge in [-0.15, -0.1) is 0 Å². The van der Waals surface area contributed by atoms with Gasteiger partial charge in [0.05, 0.1) is 19.9 Å². The molecule has 0 N–H and O–H groups in total. The maximum atomic E-state index is 11.7. The van der Waals surface area contributed by atoms with Gasteiger partial charge in [-0.2, -0.15) is 0 Å². The molecule has 1 saturated heterocycles. The van der Waals surface area contributed by atoms with Gasteiger partial charge in [0.1, 0.15) is 6.79 Å². The molecule has 3 heteroatoms. The summed E-state index contributed by atoms with van der Waals surface area (Å²) in [5.41, 5.74) is 0. The van der Waals surface area contributed by atoms with Gasteiger partial charge in [-0.25, -0.2) is 0 Å². The molecule has 0 spiro atoms. The van der Waals surface area contributed by atoms with Gasteiger partial charge in [0, 0.05) is 5.92 Å². The highest BCUT2D eigenvalue weighted by molar-refractivity contribution is 4.56. The predicted octanol–water partition coefficient (Wildman–Crippen LogP) is 0.576. The van der Waals surface area contributed by atoms with Gasteiger partial charge in [-0.3, -0.25) is 4.39 Å². The third-order valence-electron chi connectivity index (χ3n) is 1.09. The van der Waals surface area contributed by atoms with E-state index >= 15 is 0 Å². The fraction of sp³-hybridized carbons (Fsp3) is 1.00. The smallest absolute Gasteiger partial charge is 0.146 e. The van der Waals surface area contributed by atoms with Crippen molar-refractivity contribution >= 4 is 0 Å². The van der Waals surface area contributed by atoms with Crippen LogP contribution in [-0.4, -0.2) is 26.7 Å². The molecule has 0 unspecified atom stereocenters. The zero-order chi connectivity index (χ0) is 5.82. The highest BCUT2D eigenvalue weighted by atomic mass is 19.1. The molecule has 0 saturated carbocycles. The summed E-state index contributed by atoms with van der Waals surface area (Å²) >= 11 is 0. The Labute approximate surface area is 47.6 Å². The van der Waals surface area contributed by atoms with Crippen LogP contribution in [-0.2, 0) is 9.47 Å². The average molecular weight is 120 g/mol. The first-order valence-electron chi connectivity index (χ1n) is 2.65. The van der Waals surface area contributed by atoms with E-state index in [4.69, 9.17) is 9.47 Å². The van der Waals surface area contributed by atoms with Gasteiger partial charge < -0.3 is 9.47 Å². The number of hydrogen-bond acceptors (Lipinski definition) is 2. The van der Waals surface area contributed by atoms with Crippen LogP contribution in [0.2, 0.25) is 0 Å². The van der Waals surface area contributed by atoms with E-state index in [0.29, 0.717) is 20.0 Å². The fourth-order valence-electron chi connectivity index (χ4n) is 0.626. The summed E-state index contributed by atoms with van der Waals surface area (Å²) in [5, 5.41) is 0. The van der Waals surface area contributed by atoms with Gasteiger partial charge in [0.15, 0.2) is 0 Å². The summed E-state index contributed by atoms with van der Waals surface area (Å²) in [6.45, 7) is 1.02. The quantitative estimate of drug-likeness (QED) is 0.504. The molecule has 1 aliphatic heterocycles. The highest BCUT2D eigenvalue weighted by Crippen LogP contribution is 2.04. The van der Waals surface area contributed by atoms with Crippen LogP contribution in [0, 0.1) is 5.92 Å². The topological polar surface area (TPSA) is 18.5 Å². The van der Waals surface area contributed by atoms with Crippen LogP contribution in [0.25, 0.3) is 0 Å². The Kier molecular flexibility index (Phi) is 2.24. The van der Waals surface area contributed by atoms with Crippen molar-refractivity contribution in [2.24, 2.45) is 5.92 Å². The summed E-state index contributed by atoms with van der Waals surface area (Å²) in [6, 6.07) is 0. The van der Waals surface area contributed by atoms with E-state index in [1.54, 1.807) is 0 Å². The molecule has 0 bridgehead atoms. The Balaban J connectivity index is 2.13. The van der Waals surface area contributed by atoms with Gasteiger partial charge in [-0.05, 0) is 0 Å². The minimum Gasteiger partial charge on any atom is -0.355 e. The van der Waals surface area contributed by atoms with Crippen LogP contribution >= 0.6 is 0 Å². The Morgan fingerprint density at radius 1 is 1.38 bits per heavy atom. The van der Waals surface area contributed by atoms with Gasteiger partial charge in [0.2, 0.25) is 0 Å². The lowest BCUT2D eigenvalue weighted by molar-refractivity contribution is -0.128. The lowest BCUT2D eigenvalue weighted by Crippen LogP contribution is -2.25. The maximum absolute atomic E-state index is 11.7. The SMILES string of the molecule is FCC1COCOC1. The Morgan fingerprint density at radius 3 is 2.38 bits per heavy atom. The highest BCUT2D eigenvalue weighted by Gasteiger charge is 2.12. The van der Waals surface area contributed by atoms with Gasteiger partial charge in [-0.1, -0.05) is 0 Å². The molecule has 0 aromatic carbocycles. The van der Waals surface area contributed by atoms with Crippen molar-refractivity contribution in [2.75, 3.05) is 26.7 Å². The first kappa shape index (κ1) is 5.98. The zero-order valence-electron chi connectivity index (χ0n) is 4.60. The first-order valence-corrected chi connectivity index (χ1v) is 2.65. The van der Waals surface area contributed by atoms with Crippen LogP contribution in [0.5, 0.6) is 0 Å². The van der Waals surface area contributed by atoms with Crippen LogP contribution < -0.4 is 0 Å². The standard InChI is InChI=1S/C5H9FO2/c6-1-5-2-7-4-8-3-5/h5H,1-4H2. The Hall–Kier alpha value is -0.150. The van der Waals surface area contributed by atoms with E-state index in [1.807, 2.05) is 0 Å². The van der Waals surface area contributed by atoms with Crippen molar-refractivity contribution in [3.63, 3.8) is 0 Å². The van der Waals surface area contributed by atoms with Gasteiger partial charge >= 0.3 is 0 Å². The molecule has 0 amide bonds. The van der Waals surface area contributed by atoms with E-state index in [0.717, 1.165) is 0 Å². The molecular weight excluding hydrogens is 111 g/mol. The molecule has 1 heterocycles. The maximum Gasteiger partial charge on any atom is 0.146 e. The van der Waals surface area contributed by atoms with Crippen molar-refractivity contribution < 1.29 is 13.9 Å². The molecule has 48 valence electrons. The average Bonchev–Trinajstić information content (AvgIpc) is 1.90. The third-order valence-corrected chi connectivity index (χ3v) is 1.09. The monoisotopic (exact) mass is 120 g/mol. The van der Waals surface area contributed by atoms with E-state index in [2.05, 4.69) is 0 Å². The summed E-state index contributed by atoms with van der Waals surface area (Å²) in [6.07, 6.45) is 0. The molecule has 0 atom stereocenters. The predicted molar refractivity (Wildman–Crippen MR) is 26.2 cm³/mol. The molecule has 0 aliphatic carbocycles. The molecular formula is C5H9FO2. The summed E-state index contributed by atoms with van der Waals surface area (Å²) in [5.74, 6) is -0.0243. The molecule has 0 aromatic heterocycles. The minimum atomic E-state index is -0.333. The van der Waals surface area contributed by atoms with Crippen molar-refractivity contribution in [2.45, 2.75) is 0 Å². The Bertz CT molecular complexity index is 61.4. The summed E-state index contributed by atoms with van der Waals surface area (Å²) < 4.78 is 21.3. The number of alkyl halides is 1. The normalized spacial score (nSPS) is 23.6. The van der Waals surface area contributed by atoms with E-state index < -0.39 is 0 Å². The van der Waals surface area contributed by atoms with Crippen molar-refractivity contribution in [3.05, 3.63) is 0 Å². The molecule has 1 fully saturated rings. The number of ether oxygens (including phenoxy) is 2. The molecule has 0 radical (unpaired) electrons. The third kappa shape index (κ3) is 1.42. The van der Waals surface area contributed by atoms with Crippen LogP contribution in [0.15, 0.2) is 0 Å².